The molecule has 0 aromatic carbocycles. The predicted molar refractivity (Wildman–Crippen MR) is 61.6 cm³/mol. The maximum Gasteiger partial charge on any atom is 0.129 e. The fourth-order valence-corrected chi connectivity index (χ4v) is 1.36. The largest absolute Gasteiger partial charge is 0.319 e. The van der Waals surface area contributed by atoms with Crippen molar-refractivity contribution in [1.29, 1.82) is 0 Å². The molecular weight excluding hydrogens is 196 g/mol. The highest BCUT2D eigenvalue weighted by atomic mass is 35.5. The third-order valence-corrected chi connectivity index (χ3v) is 2.18. The first-order valence-corrected chi connectivity index (χ1v) is 5.05. The number of pyridine rings is 1. The molecule has 0 amide bonds. The van der Waals surface area contributed by atoms with Crippen molar-refractivity contribution in [3.63, 3.8) is 0 Å². The standard InChI is InChI=1S/C11H15ClN2/c1-9-7-11(12)14-8-10(9)5-3-4-6-13-2/h3,5,7-8,13H,4,6H2,1-2H3. The number of nitrogens with zero attached hydrogens (tertiary/aromatic N) is 1. The van der Waals surface area contributed by atoms with Crippen LogP contribution in [0.25, 0.3) is 6.08 Å². The van der Waals surface area contributed by atoms with Crippen molar-refractivity contribution in [2.45, 2.75) is 13.3 Å². The molecule has 1 rings (SSSR count). The molecule has 0 spiro atoms. The SMILES string of the molecule is CNCCC=Cc1cnc(Cl)cc1C. The third kappa shape index (κ3) is 3.48. The summed E-state index contributed by atoms with van der Waals surface area (Å²) in [5.41, 5.74) is 2.29. The number of aromatic nitrogens is 1. The Morgan fingerprint density at radius 1 is 1.57 bits per heavy atom. The summed E-state index contributed by atoms with van der Waals surface area (Å²) in [7, 11) is 1.95. The van der Waals surface area contributed by atoms with Crippen LogP contribution >= 0.6 is 11.6 Å². The number of hydrogen-bond acceptors (Lipinski definition) is 2. The Hall–Kier alpha value is -0.860. The van der Waals surface area contributed by atoms with E-state index in [9.17, 15) is 0 Å². The molecule has 76 valence electrons. The molecule has 0 aliphatic heterocycles. The zero-order chi connectivity index (χ0) is 10.4. The van der Waals surface area contributed by atoms with E-state index < -0.39 is 0 Å². The fraction of sp³-hybridized carbons (Fsp3) is 0.364. The van der Waals surface area contributed by atoms with E-state index in [0.29, 0.717) is 5.15 Å². The summed E-state index contributed by atoms with van der Waals surface area (Å²) in [6, 6.07) is 1.87. The molecule has 1 aromatic rings. The van der Waals surface area contributed by atoms with Crippen LogP contribution in [-0.4, -0.2) is 18.6 Å². The first-order valence-electron chi connectivity index (χ1n) is 4.67. The van der Waals surface area contributed by atoms with Gasteiger partial charge in [-0.25, -0.2) is 4.98 Å². The maximum atomic E-state index is 5.76. The molecule has 0 radical (unpaired) electrons. The zero-order valence-corrected chi connectivity index (χ0v) is 9.30. The minimum Gasteiger partial charge on any atom is -0.319 e. The summed E-state index contributed by atoms with van der Waals surface area (Å²) in [4.78, 5) is 4.04. The lowest BCUT2D eigenvalue weighted by molar-refractivity contribution is 0.809. The normalized spacial score (nSPS) is 11.1. The molecule has 1 aromatic heterocycles. The summed E-state index contributed by atoms with van der Waals surface area (Å²) >= 11 is 5.76. The van der Waals surface area contributed by atoms with Gasteiger partial charge in [0.2, 0.25) is 0 Å². The topological polar surface area (TPSA) is 24.9 Å². The minimum absolute atomic E-state index is 0.551. The predicted octanol–water partition coefficient (Wildman–Crippen LogP) is 2.67. The molecule has 14 heavy (non-hydrogen) atoms. The van der Waals surface area contributed by atoms with Crippen molar-refractivity contribution < 1.29 is 0 Å². The molecule has 0 fully saturated rings. The van der Waals surface area contributed by atoms with E-state index in [2.05, 4.69) is 22.5 Å². The second-order valence-electron chi connectivity index (χ2n) is 3.16. The number of hydrogen-bond donors (Lipinski definition) is 1. The highest BCUT2D eigenvalue weighted by molar-refractivity contribution is 6.29. The summed E-state index contributed by atoms with van der Waals surface area (Å²) in [6.07, 6.45) is 7.04. The van der Waals surface area contributed by atoms with Crippen LogP contribution < -0.4 is 5.32 Å². The molecule has 0 aliphatic rings. The van der Waals surface area contributed by atoms with E-state index in [1.54, 1.807) is 6.20 Å². The van der Waals surface area contributed by atoms with E-state index >= 15 is 0 Å². The molecule has 1 heterocycles. The van der Waals surface area contributed by atoms with Crippen LogP contribution in [0.2, 0.25) is 5.15 Å². The van der Waals surface area contributed by atoms with Gasteiger partial charge < -0.3 is 5.32 Å². The van der Waals surface area contributed by atoms with Crippen LogP contribution in [0.1, 0.15) is 17.5 Å². The number of rotatable bonds is 4. The van der Waals surface area contributed by atoms with Crippen LogP contribution in [-0.2, 0) is 0 Å². The average molecular weight is 211 g/mol. The van der Waals surface area contributed by atoms with Gasteiger partial charge in [-0.05, 0) is 44.1 Å². The lowest BCUT2D eigenvalue weighted by Crippen LogP contribution is -2.05. The molecule has 0 saturated carbocycles. The average Bonchev–Trinajstić information content (AvgIpc) is 2.15. The molecular formula is C11H15ClN2. The third-order valence-electron chi connectivity index (χ3n) is 1.98. The lowest BCUT2D eigenvalue weighted by atomic mass is 10.1. The molecule has 1 N–H and O–H groups in total. The highest BCUT2D eigenvalue weighted by Gasteiger charge is 1.95. The monoisotopic (exact) mass is 210 g/mol. The number of aryl methyl sites for hydroxylation is 1. The van der Waals surface area contributed by atoms with Crippen LogP contribution in [0, 0.1) is 6.92 Å². The van der Waals surface area contributed by atoms with E-state index in [-0.39, 0.29) is 0 Å². The van der Waals surface area contributed by atoms with Gasteiger partial charge in [0.1, 0.15) is 5.15 Å². The lowest BCUT2D eigenvalue weighted by Gasteiger charge is -1.99. The highest BCUT2D eigenvalue weighted by Crippen LogP contribution is 2.13. The molecule has 2 nitrogen and oxygen atoms in total. The summed E-state index contributed by atoms with van der Waals surface area (Å²) < 4.78 is 0. The van der Waals surface area contributed by atoms with Crippen molar-refractivity contribution >= 4 is 17.7 Å². The van der Waals surface area contributed by atoms with E-state index in [1.807, 2.05) is 20.0 Å². The van der Waals surface area contributed by atoms with Gasteiger partial charge in [0.25, 0.3) is 0 Å². The molecule has 0 bridgehead atoms. The van der Waals surface area contributed by atoms with Gasteiger partial charge >= 0.3 is 0 Å². The first-order chi connectivity index (χ1) is 6.74. The van der Waals surface area contributed by atoms with Crippen molar-refractivity contribution in [2.24, 2.45) is 0 Å². The Labute approximate surface area is 90.0 Å². The van der Waals surface area contributed by atoms with Crippen LogP contribution in [0.15, 0.2) is 18.3 Å². The Balaban J connectivity index is 2.62. The second-order valence-corrected chi connectivity index (χ2v) is 3.55. The van der Waals surface area contributed by atoms with Crippen LogP contribution in [0.5, 0.6) is 0 Å². The van der Waals surface area contributed by atoms with Gasteiger partial charge in [0.15, 0.2) is 0 Å². The number of nitrogens with one attached hydrogen (secondary N) is 1. The quantitative estimate of drug-likeness (QED) is 0.611. The number of halogens is 1. The Morgan fingerprint density at radius 2 is 2.36 bits per heavy atom. The van der Waals surface area contributed by atoms with Gasteiger partial charge in [-0.3, -0.25) is 0 Å². The minimum atomic E-state index is 0.551. The van der Waals surface area contributed by atoms with Crippen molar-refractivity contribution in [3.05, 3.63) is 34.6 Å². The summed E-state index contributed by atoms with van der Waals surface area (Å²) in [5, 5.41) is 3.64. The Morgan fingerprint density at radius 3 is 3.00 bits per heavy atom. The van der Waals surface area contributed by atoms with Gasteiger partial charge in [-0.1, -0.05) is 23.8 Å². The van der Waals surface area contributed by atoms with Gasteiger partial charge in [-0.2, -0.15) is 0 Å². The molecule has 0 atom stereocenters. The maximum absolute atomic E-state index is 5.76. The second kappa shape index (κ2) is 5.78. The Bertz CT molecular complexity index is 321. The van der Waals surface area contributed by atoms with Gasteiger partial charge in [-0.15, -0.1) is 0 Å². The van der Waals surface area contributed by atoms with Crippen molar-refractivity contribution in [2.75, 3.05) is 13.6 Å². The molecule has 0 saturated heterocycles. The zero-order valence-electron chi connectivity index (χ0n) is 8.55. The summed E-state index contributed by atoms with van der Waals surface area (Å²) in [5.74, 6) is 0. The van der Waals surface area contributed by atoms with E-state index in [4.69, 9.17) is 11.6 Å². The van der Waals surface area contributed by atoms with Crippen LogP contribution in [0.4, 0.5) is 0 Å². The summed E-state index contributed by atoms with van der Waals surface area (Å²) in [6.45, 7) is 3.03. The molecule has 0 unspecified atom stereocenters. The van der Waals surface area contributed by atoms with E-state index in [0.717, 1.165) is 24.1 Å². The van der Waals surface area contributed by atoms with Gasteiger partial charge in [0, 0.05) is 6.20 Å². The Kier molecular flexibility index (Phi) is 4.63. The molecule has 0 aliphatic carbocycles. The van der Waals surface area contributed by atoms with E-state index in [1.165, 1.54) is 0 Å². The van der Waals surface area contributed by atoms with Crippen LogP contribution in [0.3, 0.4) is 0 Å². The molecule has 3 heteroatoms. The van der Waals surface area contributed by atoms with Crippen molar-refractivity contribution in [3.8, 4) is 0 Å². The van der Waals surface area contributed by atoms with Crippen molar-refractivity contribution in [1.82, 2.24) is 10.3 Å². The first kappa shape index (κ1) is 11.2. The smallest absolute Gasteiger partial charge is 0.129 e. The fourth-order valence-electron chi connectivity index (χ4n) is 1.14. The van der Waals surface area contributed by atoms with Gasteiger partial charge in [0.05, 0.1) is 0 Å².